The van der Waals surface area contributed by atoms with Crippen molar-refractivity contribution >= 4 is 15.9 Å². The van der Waals surface area contributed by atoms with E-state index in [9.17, 15) is 5.11 Å². The van der Waals surface area contributed by atoms with Crippen LogP contribution in [-0.2, 0) is 0 Å². The lowest BCUT2D eigenvalue weighted by Gasteiger charge is -2.36. The molecule has 0 unspecified atom stereocenters. The van der Waals surface area contributed by atoms with E-state index < -0.39 is 6.10 Å². The second-order valence-electron chi connectivity index (χ2n) is 5.22. The normalized spacial score (nSPS) is 22.4. The highest BCUT2D eigenvalue weighted by molar-refractivity contribution is 9.10. The van der Waals surface area contributed by atoms with Crippen molar-refractivity contribution in [1.29, 1.82) is 0 Å². The van der Waals surface area contributed by atoms with Crippen molar-refractivity contribution in [1.82, 2.24) is 4.90 Å². The molecule has 2 rings (SSSR count). The average molecular weight is 328 g/mol. The van der Waals surface area contributed by atoms with Crippen molar-refractivity contribution in [2.75, 3.05) is 19.7 Å². The van der Waals surface area contributed by atoms with Gasteiger partial charge in [-0.2, -0.15) is 0 Å². The molecule has 0 aliphatic carbocycles. The van der Waals surface area contributed by atoms with E-state index in [0.717, 1.165) is 29.4 Å². The SMILES string of the molecule is OCC[C@@H]1CCCCN1C[C@@H](O)c1ccc(Br)cc1. The van der Waals surface area contributed by atoms with Crippen LogP contribution in [0.2, 0.25) is 0 Å². The number of rotatable bonds is 5. The molecule has 0 spiro atoms. The van der Waals surface area contributed by atoms with E-state index in [2.05, 4.69) is 20.8 Å². The van der Waals surface area contributed by atoms with Gasteiger partial charge in [-0.1, -0.05) is 34.5 Å². The summed E-state index contributed by atoms with van der Waals surface area (Å²) in [6, 6.07) is 8.25. The van der Waals surface area contributed by atoms with Crippen molar-refractivity contribution < 1.29 is 10.2 Å². The predicted octanol–water partition coefficient (Wildman–Crippen LogP) is 2.72. The molecule has 0 amide bonds. The van der Waals surface area contributed by atoms with E-state index in [4.69, 9.17) is 5.11 Å². The Labute approximate surface area is 123 Å². The number of nitrogens with zero attached hydrogens (tertiary/aromatic N) is 1. The minimum Gasteiger partial charge on any atom is -0.396 e. The summed E-state index contributed by atoms with van der Waals surface area (Å²) < 4.78 is 1.03. The fourth-order valence-corrected chi connectivity index (χ4v) is 3.05. The second kappa shape index (κ2) is 7.39. The van der Waals surface area contributed by atoms with Crippen LogP contribution < -0.4 is 0 Å². The zero-order valence-electron chi connectivity index (χ0n) is 11.1. The van der Waals surface area contributed by atoms with Gasteiger partial charge >= 0.3 is 0 Å². The highest BCUT2D eigenvalue weighted by Crippen LogP contribution is 2.24. The molecule has 106 valence electrons. The summed E-state index contributed by atoms with van der Waals surface area (Å²) in [5, 5.41) is 19.5. The van der Waals surface area contributed by atoms with Gasteiger partial charge in [0.2, 0.25) is 0 Å². The molecular weight excluding hydrogens is 306 g/mol. The molecule has 19 heavy (non-hydrogen) atoms. The predicted molar refractivity (Wildman–Crippen MR) is 80.0 cm³/mol. The third-order valence-corrected chi connectivity index (χ3v) is 4.40. The van der Waals surface area contributed by atoms with Crippen LogP contribution in [0.15, 0.2) is 28.7 Å². The van der Waals surface area contributed by atoms with E-state index in [-0.39, 0.29) is 6.61 Å². The van der Waals surface area contributed by atoms with Gasteiger partial charge < -0.3 is 10.2 Å². The number of likely N-dealkylation sites (tertiary alicyclic amines) is 1. The lowest BCUT2D eigenvalue weighted by atomic mass is 9.98. The van der Waals surface area contributed by atoms with E-state index in [1.54, 1.807) is 0 Å². The summed E-state index contributed by atoms with van der Waals surface area (Å²) in [5.74, 6) is 0. The van der Waals surface area contributed by atoms with Gasteiger partial charge in [0, 0.05) is 23.7 Å². The largest absolute Gasteiger partial charge is 0.396 e. The van der Waals surface area contributed by atoms with E-state index in [1.807, 2.05) is 24.3 Å². The smallest absolute Gasteiger partial charge is 0.0917 e. The summed E-state index contributed by atoms with van der Waals surface area (Å²) in [5.41, 5.74) is 0.955. The van der Waals surface area contributed by atoms with Gasteiger partial charge in [-0.15, -0.1) is 0 Å². The standard InChI is InChI=1S/C15H22BrNO2/c16-13-6-4-12(5-7-13)15(19)11-17-9-2-1-3-14(17)8-10-18/h4-7,14-15,18-19H,1-3,8-11H2/t14-,15+/m0/s1. The number of benzene rings is 1. The number of hydrogen-bond acceptors (Lipinski definition) is 3. The van der Waals surface area contributed by atoms with Crippen molar-refractivity contribution in [3.8, 4) is 0 Å². The molecule has 0 bridgehead atoms. The Hall–Kier alpha value is -0.420. The minimum absolute atomic E-state index is 0.232. The third kappa shape index (κ3) is 4.28. The fraction of sp³-hybridized carbons (Fsp3) is 0.600. The van der Waals surface area contributed by atoms with Crippen LogP contribution in [0.5, 0.6) is 0 Å². The van der Waals surface area contributed by atoms with Crippen LogP contribution >= 0.6 is 15.9 Å². The fourth-order valence-electron chi connectivity index (χ4n) is 2.79. The third-order valence-electron chi connectivity index (χ3n) is 3.87. The van der Waals surface area contributed by atoms with Crippen molar-refractivity contribution in [2.45, 2.75) is 37.8 Å². The summed E-state index contributed by atoms with van der Waals surface area (Å²) in [7, 11) is 0. The molecule has 1 aliphatic heterocycles. The van der Waals surface area contributed by atoms with Crippen LogP contribution in [0.25, 0.3) is 0 Å². The van der Waals surface area contributed by atoms with Crippen LogP contribution in [0.3, 0.4) is 0 Å². The van der Waals surface area contributed by atoms with Crippen LogP contribution in [0, 0.1) is 0 Å². The van der Waals surface area contributed by atoms with E-state index in [1.165, 1.54) is 12.8 Å². The Morgan fingerprint density at radius 2 is 2.00 bits per heavy atom. The molecule has 0 radical (unpaired) electrons. The summed E-state index contributed by atoms with van der Waals surface area (Å²) in [6.07, 6.45) is 3.91. The Morgan fingerprint density at radius 3 is 2.68 bits per heavy atom. The van der Waals surface area contributed by atoms with Crippen LogP contribution in [0.4, 0.5) is 0 Å². The number of halogens is 1. The highest BCUT2D eigenvalue weighted by Gasteiger charge is 2.24. The topological polar surface area (TPSA) is 43.7 Å². The molecule has 1 saturated heterocycles. The molecule has 1 aliphatic rings. The lowest BCUT2D eigenvalue weighted by molar-refractivity contribution is 0.0565. The van der Waals surface area contributed by atoms with Gasteiger partial charge in [0.05, 0.1) is 6.10 Å². The summed E-state index contributed by atoms with van der Waals surface area (Å²) in [4.78, 5) is 2.33. The Bertz CT molecular complexity index is 380. The molecule has 1 aromatic rings. The molecule has 3 nitrogen and oxygen atoms in total. The molecule has 4 heteroatoms. The number of β-amino-alcohol motifs (C(OH)–C–C–N with tert-alkyl or cyclic N) is 1. The zero-order chi connectivity index (χ0) is 13.7. The maximum absolute atomic E-state index is 10.3. The lowest BCUT2D eigenvalue weighted by Crippen LogP contribution is -2.42. The molecular formula is C15H22BrNO2. The Kier molecular flexibility index (Phi) is 5.82. The van der Waals surface area contributed by atoms with Gasteiger partial charge in [-0.3, -0.25) is 4.90 Å². The summed E-state index contributed by atoms with van der Waals surface area (Å²) in [6.45, 7) is 1.92. The zero-order valence-corrected chi connectivity index (χ0v) is 12.7. The second-order valence-corrected chi connectivity index (χ2v) is 6.14. The van der Waals surface area contributed by atoms with E-state index in [0.29, 0.717) is 12.6 Å². The first-order valence-corrected chi connectivity index (χ1v) is 7.78. The Morgan fingerprint density at radius 1 is 1.26 bits per heavy atom. The molecule has 2 N–H and O–H groups in total. The van der Waals surface area contributed by atoms with Gasteiger partial charge in [-0.25, -0.2) is 0 Å². The molecule has 2 atom stereocenters. The van der Waals surface area contributed by atoms with Gasteiger partial charge in [0.25, 0.3) is 0 Å². The molecule has 0 aromatic heterocycles. The summed E-state index contributed by atoms with van der Waals surface area (Å²) >= 11 is 3.40. The molecule has 1 aromatic carbocycles. The monoisotopic (exact) mass is 327 g/mol. The number of aliphatic hydroxyl groups is 2. The number of hydrogen-bond donors (Lipinski definition) is 2. The first-order chi connectivity index (χ1) is 9.20. The minimum atomic E-state index is -0.451. The first kappa shape index (κ1) is 15.0. The maximum Gasteiger partial charge on any atom is 0.0917 e. The van der Waals surface area contributed by atoms with E-state index >= 15 is 0 Å². The maximum atomic E-state index is 10.3. The Balaban J connectivity index is 1.96. The van der Waals surface area contributed by atoms with Crippen molar-refractivity contribution in [3.63, 3.8) is 0 Å². The van der Waals surface area contributed by atoms with Crippen molar-refractivity contribution in [2.24, 2.45) is 0 Å². The molecule has 0 saturated carbocycles. The van der Waals surface area contributed by atoms with Gasteiger partial charge in [0.15, 0.2) is 0 Å². The number of piperidine rings is 1. The first-order valence-electron chi connectivity index (χ1n) is 6.99. The highest BCUT2D eigenvalue weighted by atomic mass is 79.9. The quantitative estimate of drug-likeness (QED) is 0.873. The molecule has 1 fully saturated rings. The molecule has 1 heterocycles. The number of aliphatic hydroxyl groups excluding tert-OH is 2. The van der Waals surface area contributed by atoms with Crippen molar-refractivity contribution in [3.05, 3.63) is 34.3 Å². The van der Waals surface area contributed by atoms with Crippen LogP contribution in [-0.4, -0.2) is 40.9 Å². The van der Waals surface area contributed by atoms with Crippen LogP contribution in [0.1, 0.15) is 37.4 Å². The van der Waals surface area contributed by atoms with Gasteiger partial charge in [0.1, 0.15) is 0 Å². The van der Waals surface area contributed by atoms with Gasteiger partial charge in [-0.05, 0) is 43.5 Å². The average Bonchev–Trinajstić information content (AvgIpc) is 2.42.